The zero-order valence-corrected chi connectivity index (χ0v) is 12.2. The Kier molecular flexibility index (Phi) is 3.39. The Labute approximate surface area is 123 Å². The molecule has 0 radical (unpaired) electrons. The molecule has 0 amide bonds. The number of benzene rings is 1. The largest absolute Gasteiger partial charge is 0.449 e. The molecule has 0 bridgehead atoms. The monoisotopic (exact) mass is 310 g/mol. The van der Waals surface area contributed by atoms with E-state index < -0.39 is 0 Å². The molecule has 0 unspecified atom stereocenters. The molecule has 96 valence electrons. The van der Waals surface area contributed by atoms with Crippen molar-refractivity contribution in [1.82, 2.24) is 10.2 Å². The molecule has 6 heteroatoms. The number of halogens is 2. The normalized spacial score (nSPS) is 11.1. The van der Waals surface area contributed by atoms with Crippen LogP contribution in [0.3, 0.4) is 0 Å². The molecule has 3 nitrogen and oxygen atoms in total. The number of hydrogen-bond acceptors (Lipinski definition) is 4. The SMILES string of the molecule is Cc1c(Sc2ccc(Cl)nn2)oc2ccc(Cl)cc12. The van der Waals surface area contributed by atoms with Gasteiger partial charge in [0.15, 0.2) is 10.2 Å². The topological polar surface area (TPSA) is 38.9 Å². The molecule has 0 atom stereocenters. The third-order valence-electron chi connectivity index (χ3n) is 2.66. The first kappa shape index (κ1) is 12.8. The lowest BCUT2D eigenvalue weighted by atomic mass is 10.2. The molecule has 0 spiro atoms. The van der Waals surface area contributed by atoms with E-state index in [1.807, 2.05) is 25.1 Å². The Morgan fingerprint density at radius 3 is 2.68 bits per heavy atom. The summed E-state index contributed by atoms with van der Waals surface area (Å²) in [5.41, 5.74) is 1.85. The van der Waals surface area contributed by atoms with Crippen LogP contribution in [-0.4, -0.2) is 10.2 Å². The summed E-state index contributed by atoms with van der Waals surface area (Å²) in [4.78, 5) is 0. The Balaban J connectivity index is 2.01. The van der Waals surface area contributed by atoms with Gasteiger partial charge in [0.05, 0.1) is 0 Å². The van der Waals surface area contributed by atoms with Gasteiger partial charge in [-0.3, -0.25) is 0 Å². The van der Waals surface area contributed by atoms with Gasteiger partial charge in [-0.15, -0.1) is 10.2 Å². The van der Waals surface area contributed by atoms with E-state index in [0.29, 0.717) is 10.2 Å². The first-order chi connectivity index (χ1) is 9.13. The summed E-state index contributed by atoms with van der Waals surface area (Å²) in [6.45, 7) is 1.99. The average molecular weight is 311 g/mol. The highest BCUT2D eigenvalue weighted by Gasteiger charge is 2.13. The van der Waals surface area contributed by atoms with Gasteiger partial charge >= 0.3 is 0 Å². The number of aryl methyl sites for hydroxylation is 1. The van der Waals surface area contributed by atoms with Crippen molar-refractivity contribution in [3.8, 4) is 0 Å². The maximum atomic E-state index is 5.99. The molecule has 3 rings (SSSR count). The van der Waals surface area contributed by atoms with Crippen LogP contribution in [0, 0.1) is 6.92 Å². The standard InChI is InChI=1S/C13H8Cl2N2OS/c1-7-9-6-8(14)2-3-10(9)18-13(7)19-12-5-4-11(15)16-17-12/h2-6H,1H3. The predicted octanol–water partition coefficient (Wildman–Crippen LogP) is 4.99. The van der Waals surface area contributed by atoms with Crippen LogP contribution in [0.25, 0.3) is 11.0 Å². The molecule has 19 heavy (non-hydrogen) atoms. The van der Waals surface area contributed by atoms with Crippen molar-refractivity contribution in [2.45, 2.75) is 17.0 Å². The van der Waals surface area contributed by atoms with Crippen LogP contribution in [0.15, 0.2) is 44.9 Å². The first-order valence-electron chi connectivity index (χ1n) is 5.49. The maximum absolute atomic E-state index is 5.99. The zero-order valence-electron chi connectivity index (χ0n) is 9.85. The van der Waals surface area contributed by atoms with E-state index in [9.17, 15) is 0 Å². The van der Waals surface area contributed by atoms with E-state index in [1.54, 1.807) is 12.1 Å². The molecule has 0 aliphatic carbocycles. The van der Waals surface area contributed by atoms with E-state index in [4.69, 9.17) is 27.6 Å². The third kappa shape index (κ3) is 2.56. The Morgan fingerprint density at radius 1 is 1.11 bits per heavy atom. The average Bonchev–Trinajstić information content (AvgIpc) is 2.70. The Hall–Kier alpha value is -1.23. The maximum Gasteiger partial charge on any atom is 0.170 e. The summed E-state index contributed by atoms with van der Waals surface area (Å²) in [5.74, 6) is 0. The fraction of sp³-hybridized carbons (Fsp3) is 0.0769. The second-order valence-corrected chi connectivity index (χ2v) is 5.77. The minimum Gasteiger partial charge on any atom is -0.449 e. The molecule has 3 aromatic rings. The third-order valence-corrected chi connectivity index (χ3v) is 4.10. The van der Waals surface area contributed by atoms with Crippen LogP contribution >= 0.6 is 35.0 Å². The summed E-state index contributed by atoms with van der Waals surface area (Å²) < 4.78 is 5.79. The molecule has 0 N–H and O–H groups in total. The number of fused-ring (bicyclic) bond motifs is 1. The summed E-state index contributed by atoms with van der Waals surface area (Å²) in [6, 6.07) is 9.07. The highest BCUT2D eigenvalue weighted by atomic mass is 35.5. The van der Waals surface area contributed by atoms with Crippen molar-refractivity contribution < 1.29 is 4.42 Å². The lowest BCUT2D eigenvalue weighted by molar-refractivity contribution is 0.509. The molecule has 0 saturated heterocycles. The number of hydrogen-bond donors (Lipinski definition) is 0. The van der Waals surface area contributed by atoms with Crippen LogP contribution in [0.2, 0.25) is 10.2 Å². The van der Waals surface area contributed by atoms with Gasteiger partial charge in [-0.25, -0.2) is 0 Å². The molecular weight excluding hydrogens is 303 g/mol. The van der Waals surface area contributed by atoms with Crippen molar-refractivity contribution in [3.63, 3.8) is 0 Å². The molecule has 0 fully saturated rings. The minimum atomic E-state index is 0.373. The lowest BCUT2D eigenvalue weighted by Gasteiger charge is -1.97. The Bertz CT molecular complexity index is 740. The summed E-state index contributed by atoms with van der Waals surface area (Å²) in [5, 5.41) is 11.4. The molecule has 0 saturated carbocycles. The van der Waals surface area contributed by atoms with Crippen LogP contribution in [0.5, 0.6) is 0 Å². The molecule has 2 heterocycles. The minimum absolute atomic E-state index is 0.373. The van der Waals surface area contributed by atoms with Crippen molar-refractivity contribution in [3.05, 3.63) is 46.1 Å². The van der Waals surface area contributed by atoms with E-state index in [0.717, 1.165) is 26.7 Å². The second-order valence-electron chi connectivity index (χ2n) is 3.95. The summed E-state index contributed by atoms with van der Waals surface area (Å²) in [7, 11) is 0. The zero-order chi connectivity index (χ0) is 13.4. The molecule has 2 aromatic heterocycles. The highest BCUT2D eigenvalue weighted by Crippen LogP contribution is 2.36. The van der Waals surface area contributed by atoms with Gasteiger partial charge in [0.2, 0.25) is 0 Å². The van der Waals surface area contributed by atoms with Gasteiger partial charge in [0.1, 0.15) is 10.6 Å². The summed E-state index contributed by atoms with van der Waals surface area (Å²) >= 11 is 13.1. The molecule has 0 aliphatic heterocycles. The van der Waals surface area contributed by atoms with E-state index in [2.05, 4.69) is 10.2 Å². The number of aromatic nitrogens is 2. The fourth-order valence-corrected chi connectivity index (χ4v) is 2.80. The highest BCUT2D eigenvalue weighted by molar-refractivity contribution is 7.99. The Morgan fingerprint density at radius 2 is 1.95 bits per heavy atom. The van der Waals surface area contributed by atoms with Crippen molar-refractivity contribution in [2.24, 2.45) is 0 Å². The van der Waals surface area contributed by atoms with Gasteiger partial charge in [0, 0.05) is 16.0 Å². The van der Waals surface area contributed by atoms with E-state index in [-0.39, 0.29) is 0 Å². The second kappa shape index (κ2) is 5.04. The van der Waals surface area contributed by atoms with Gasteiger partial charge in [-0.2, -0.15) is 0 Å². The van der Waals surface area contributed by atoms with Crippen molar-refractivity contribution in [1.29, 1.82) is 0 Å². The quantitative estimate of drug-likeness (QED) is 0.668. The first-order valence-corrected chi connectivity index (χ1v) is 7.06. The smallest absolute Gasteiger partial charge is 0.170 e. The number of nitrogens with zero attached hydrogens (tertiary/aromatic N) is 2. The molecule has 0 aliphatic rings. The number of furan rings is 1. The van der Waals surface area contributed by atoms with Gasteiger partial charge in [-0.1, -0.05) is 23.2 Å². The number of rotatable bonds is 2. The molecule has 1 aromatic carbocycles. The van der Waals surface area contributed by atoms with Crippen LogP contribution in [-0.2, 0) is 0 Å². The van der Waals surface area contributed by atoms with Gasteiger partial charge < -0.3 is 4.42 Å². The van der Waals surface area contributed by atoms with Gasteiger partial charge in [0.25, 0.3) is 0 Å². The molecular formula is C13H8Cl2N2OS. The summed E-state index contributed by atoms with van der Waals surface area (Å²) in [6.07, 6.45) is 0. The van der Waals surface area contributed by atoms with Crippen LogP contribution in [0.1, 0.15) is 5.56 Å². The van der Waals surface area contributed by atoms with Crippen molar-refractivity contribution >= 4 is 45.9 Å². The lowest BCUT2D eigenvalue weighted by Crippen LogP contribution is -1.84. The van der Waals surface area contributed by atoms with Crippen LogP contribution in [0.4, 0.5) is 0 Å². The van der Waals surface area contributed by atoms with E-state index >= 15 is 0 Å². The van der Waals surface area contributed by atoms with Crippen molar-refractivity contribution in [2.75, 3.05) is 0 Å². The van der Waals surface area contributed by atoms with Crippen LogP contribution < -0.4 is 0 Å². The van der Waals surface area contributed by atoms with E-state index in [1.165, 1.54) is 11.8 Å². The van der Waals surface area contributed by atoms with Gasteiger partial charge in [-0.05, 0) is 49.0 Å². The predicted molar refractivity (Wildman–Crippen MR) is 77.1 cm³/mol. The fourth-order valence-electron chi connectivity index (χ4n) is 1.72.